The molecule has 0 aliphatic carbocycles. The van der Waals surface area contributed by atoms with Crippen LogP contribution in [-0.4, -0.2) is 48.2 Å². The molecule has 0 saturated carbocycles. The second-order valence-electron chi connectivity index (χ2n) is 10.6. The van der Waals surface area contributed by atoms with Crippen LogP contribution in [0.15, 0.2) is 76.7 Å². The van der Waals surface area contributed by atoms with Crippen molar-refractivity contribution in [3.05, 3.63) is 88.5 Å². The van der Waals surface area contributed by atoms with Gasteiger partial charge in [-0.25, -0.2) is 12.4 Å². The minimum atomic E-state index is -3.98. The molecule has 0 atom stereocenters. The molecule has 6 rings (SSSR count). The van der Waals surface area contributed by atoms with E-state index in [0.717, 1.165) is 67.9 Å². The van der Waals surface area contributed by atoms with Crippen LogP contribution < -0.4 is 5.56 Å². The molecule has 4 aromatic rings. The van der Waals surface area contributed by atoms with Crippen LogP contribution in [0.3, 0.4) is 0 Å². The van der Waals surface area contributed by atoms with Gasteiger partial charge in [0.2, 0.25) is 0 Å². The summed E-state index contributed by atoms with van der Waals surface area (Å²) < 4.78 is 35.6. The topological polar surface area (TPSA) is 73.5 Å². The van der Waals surface area contributed by atoms with E-state index >= 15 is 0 Å². The summed E-state index contributed by atoms with van der Waals surface area (Å²) in [5.41, 5.74) is 3.98. The third kappa shape index (κ3) is 4.13. The molecule has 8 heteroatoms. The largest absolute Gasteiger partial charge is 0.380 e. The van der Waals surface area contributed by atoms with Gasteiger partial charge in [0.1, 0.15) is 5.52 Å². The summed E-state index contributed by atoms with van der Waals surface area (Å²) in [5, 5.41) is 0.635. The SMILES string of the molecule is Cc1ccc(S(=O)(=O)n2cc(-c3ccccc3CN3CCC4(CC3)COC4)c3ccn(C)c(=O)c32)cc1. The lowest BCUT2D eigenvalue weighted by atomic mass is 9.77. The molecule has 2 aliphatic heterocycles. The van der Waals surface area contributed by atoms with E-state index in [1.54, 1.807) is 43.7 Å². The van der Waals surface area contributed by atoms with Crippen molar-refractivity contribution in [3.63, 3.8) is 0 Å². The number of aromatic nitrogens is 2. The number of ether oxygens (including phenoxy) is 1. The van der Waals surface area contributed by atoms with Crippen molar-refractivity contribution in [1.82, 2.24) is 13.4 Å². The van der Waals surface area contributed by atoms with Gasteiger partial charge in [-0.05, 0) is 62.2 Å². The van der Waals surface area contributed by atoms with Gasteiger partial charge in [0, 0.05) is 42.4 Å². The van der Waals surface area contributed by atoms with Gasteiger partial charge < -0.3 is 9.30 Å². The first-order chi connectivity index (χ1) is 17.8. The Labute approximate surface area is 217 Å². The van der Waals surface area contributed by atoms with Gasteiger partial charge >= 0.3 is 0 Å². The van der Waals surface area contributed by atoms with Crippen LogP contribution in [0.1, 0.15) is 24.0 Å². The summed E-state index contributed by atoms with van der Waals surface area (Å²) in [6, 6.07) is 16.7. The highest BCUT2D eigenvalue weighted by atomic mass is 32.2. The predicted molar refractivity (Wildman–Crippen MR) is 144 cm³/mol. The molecule has 2 aromatic carbocycles. The van der Waals surface area contributed by atoms with E-state index in [-0.39, 0.29) is 16.0 Å². The molecule has 4 heterocycles. The fourth-order valence-corrected chi connectivity index (χ4v) is 6.92. The molecule has 1 spiro atoms. The predicted octanol–water partition coefficient (Wildman–Crippen LogP) is 4.16. The molecule has 2 fully saturated rings. The van der Waals surface area contributed by atoms with E-state index in [1.807, 2.05) is 31.2 Å². The summed E-state index contributed by atoms with van der Waals surface area (Å²) in [5.74, 6) is 0. The van der Waals surface area contributed by atoms with Crippen molar-refractivity contribution >= 4 is 20.9 Å². The summed E-state index contributed by atoms with van der Waals surface area (Å²) in [7, 11) is -2.34. The third-order valence-electron chi connectivity index (χ3n) is 8.01. The Kier molecular flexibility index (Phi) is 5.86. The number of aryl methyl sites for hydroxylation is 2. The number of hydrogen-bond donors (Lipinski definition) is 0. The van der Waals surface area contributed by atoms with Crippen LogP contribution in [-0.2, 0) is 28.4 Å². The first kappa shape index (κ1) is 24.2. The summed E-state index contributed by atoms with van der Waals surface area (Å²) in [4.78, 5) is 15.9. The standard InChI is InChI=1S/C29H31N3O4S/c1-21-7-9-23(10-8-21)37(34,35)32-18-26(25-11-14-30(2)28(33)27(25)32)24-6-4-3-5-22(24)17-31-15-12-29(13-16-31)19-36-20-29/h3-11,14,18H,12-13,15-17,19-20H2,1-2H3. The van der Waals surface area contributed by atoms with Gasteiger partial charge in [0.15, 0.2) is 0 Å². The summed E-state index contributed by atoms with van der Waals surface area (Å²) in [6.45, 7) is 6.47. The Balaban J connectivity index is 1.45. The zero-order valence-electron chi connectivity index (χ0n) is 21.2. The normalized spacial score (nSPS) is 17.8. The average molecular weight is 518 g/mol. The maximum atomic E-state index is 13.8. The van der Waals surface area contributed by atoms with Crippen LogP contribution >= 0.6 is 0 Å². The molecule has 2 aliphatic rings. The minimum Gasteiger partial charge on any atom is -0.380 e. The molecule has 7 nitrogen and oxygen atoms in total. The lowest BCUT2D eigenvalue weighted by molar-refractivity contribution is -0.140. The number of hydrogen-bond acceptors (Lipinski definition) is 5. The number of likely N-dealkylation sites (tertiary alicyclic amines) is 1. The Hall–Kier alpha value is -3.20. The highest BCUT2D eigenvalue weighted by molar-refractivity contribution is 7.90. The smallest absolute Gasteiger partial charge is 0.275 e. The van der Waals surface area contributed by atoms with E-state index in [1.165, 1.54) is 8.54 Å². The van der Waals surface area contributed by atoms with Crippen molar-refractivity contribution in [1.29, 1.82) is 0 Å². The van der Waals surface area contributed by atoms with Crippen molar-refractivity contribution < 1.29 is 13.2 Å². The molecule has 37 heavy (non-hydrogen) atoms. The van der Waals surface area contributed by atoms with Gasteiger partial charge in [-0.2, -0.15) is 0 Å². The fourth-order valence-electron chi connectivity index (χ4n) is 5.55. The maximum Gasteiger partial charge on any atom is 0.275 e. The molecule has 2 aromatic heterocycles. The number of benzene rings is 2. The number of rotatable bonds is 5. The Bertz CT molecular complexity index is 1640. The van der Waals surface area contributed by atoms with Crippen LogP contribution in [0.2, 0.25) is 0 Å². The lowest BCUT2D eigenvalue weighted by Gasteiger charge is -2.47. The van der Waals surface area contributed by atoms with E-state index < -0.39 is 10.0 Å². The monoisotopic (exact) mass is 517 g/mol. The third-order valence-corrected chi connectivity index (χ3v) is 9.69. The molecule has 0 amide bonds. The second kappa shape index (κ2) is 8.97. The van der Waals surface area contributed by atoms with Crippen molar-refractivity contribution in [3.8, 4) is 11.1 Å². The molecular formula is C29H31N3O4S. The number of fused-ring (bicyclic) bond motifs is 1. The molecule has 0 N–H and O–H groups in total. The molecular weight excluding hydrogens is 486 g/mol. The van der Waals surface area contributed by atoms with Gasteiger partial charge in [-0.1, -0.05) is 42.0 Å². The second-order valence-corrected chi connectivity index (χ2v) is 12.4. The molecule has 2 saturated heterocycles. The summed E-state index contributed by atoms with van der Waals surface area (Å²) >= 11 is 0. The highest BCUT2D eigenvalue weighted by Crippen LogP contribution is 2.39. The van der Waals surface area contributed by atoms with Crippen molar-refractivity contribution in [2.75, 3.05) is 26.3 Å². The Morgan fingerprint density at radius 1 is 0.946 bits per heavy atom. The molecule has 192 valence electrons. The van der Waals surface area contributed by atoms with Crippen LogP contribution in [0, 0.1) is 12.3 Å². The number of nitrogens with zero attached hydrogens (tertiary/aromatic N) is 3. The Morgan fingerprint density at radius 3 is 2.32 bits per heavy atom. The highest BCUT2D eigenvalue weighted by Gasteiger charge is 2.41. The van der Waals surface area contributed by atoms with Gasteiger partial charge in [-0.15, -0.1) is 0 Å². The van der Waals surface area contributed by atoms with Crippen molar-refractivity contribution in [2.24, 2.45) is 12.5 Å². The fraction of sp³-hybridized carbons (Fsp3) is 0.345. The van der Waals surface area contributed by atoms with Crippen LogP contribution in [0.4, 0.5) is 0 Å². The first-order valence-electron chi connectivity index (χ1n) is 12.7. The van der Waals surface area contributed by atoms with E-state index in [9.17, 15) is 13.2 Å². The minimum absolute atomic E-state index is 0.156. The maximum absolute atomic E-state index is 13.8. The van der Waals surface area contributed by atoms with E-state index in [2.05, 4.69) is 11.0 Å². The van der Waals surface area contributed by atoms with Crippen LogP contribution in [0.5, 0.6) is 0 Å². The van der Waals surface area contributed by atoms with E-state index in [4.69, 9.17) is 4.74 Å². The zero-order valence-corrected chi connectivity index (χ0v) is 22.0. The van der Waals surface area contributed by atoms with Crippen molar-refractivity contribution in [2.45, 2.75) is 31.2 Å². The zero-order chi connectivity index (χ0) is 25.8. The molecule has 0 unspecified atom stereocenters. The summed E-state index contributed by atoms with van der Waals surface area (Å²) in [6.07, 6.45) is 5.60. The molecule has 0 bridgehead atoms. The quantitative estimate of drug-likeness (QED) is 0.397. The number of piperidine rings is 1. The van der Waals surface area contributed by atoms with E-state index in [0.29, 0.717) is 10.8 Å². The van der Waals surface area contributed by atoms with Crippen LogP contribution in [0.25, 0.3) is 22.0 Å². The van der Waals surface area contributed by atoms with Gasteiger partial charge in [0.05, 0.1) is 18.1 Å². The average Bonchev–Trinajstić information content (AvgIpc) is 3.27. The lowest BCUT2D eigenvalue weighted by Crippen LogP contribution is -2.50. The Morgan fingerprint density at radius 2 is 1.65 bits per heavy atom. The molecule has 0 radical (unpaired) electrons. The number of pyridine rings is 1. The van der Waals surface area contributed by atoms with Gasteiger partial charge in [0.25, 0.3) is 15.6 Å². The van der Waals surface area contributed by atoms with Gasteiger partial charge in [-0.3, -0.25) is 9.69 Å². The first-order valence-corrected chi connectivity index (χ1v) is 14.1.